The molecule has 2 aliphatic carbocycles. The van der Waals surface area contributed by atoms with Gasteiger partial charge in [0.1, 0.15) is 16.0 Å². The number of methoxy groups -OCH3 is 1. The third-order valence-electron chi connectivity index (χ3n) is 7.17. The second kappa shape index (κ2) is 6.77. The smallest absolute Gasteiger partial charge is 0.228 e. The van der Waals surface area contributed by atoms with Gasteiger partial charge in [0.25, 0.3) is 0 Å². The largest absolute Gasteiger partial charge is 0.380 e. The Kier molecular flexibility index (Phi) is 4.51. The van der Waals surface area contributed by atoms with Gasteiger partial charge in [-0.1, -0.05) is 30.7 Å². The maximum atomic E-state index is 6.73. The summed E-state index contributed by atoms with van der Waals surface area (Å²) in [5.41, 5.74) is 1.65. The maximum Gasteiger partial charge on any atom is 0.228 e. The number of aromatic nitrogens is 3. The molecule has 30 heavy (non-hydrogen) atoms. The number of hydrogen-bond acceptors (Lipinski definition) is 7. The zero-order valence-electron chi connectivity index (χ0n) is 17.9. The predicted octanol–water partition coefficient (Wildman–Crippen LogP) is 5.09. The van der Waals surface area contributed by atoms with Crippen molar-refractivity contribution in [2.45, 2.75) is 38.3 Å². The van der Waals surface area contributed by atoms with Crippen LogP contribution in [0.3, 0.4) is 0 Å². The lowest BCUT2D eigenvalue weighted by atomic mass is 9.84. The summed E-state index contributed by atoms with van der Waals surface area (Å²) in [4.78, 5) is 16.1. The van der Waals surface area contributed by atoms with Gasteiger partial charge in [-0.15, -0.1) is 11.3 Å². The number of thiazole rings is 1. The third kappa shape index (κ3) is 2.75. The molecular weight excluding hydrogens is 418 g/mol. The molecule has 2 fully saturated rings. The molecule has 6 nitrogen and oxygen atoms in total. The van der Waals surface area contributed by atoms with Crippen molar-refractivity contribution in [2.24, 2.45) is 11.3 Å². The van der Waals surface area contributed by atoms with E-state index in [0.717, 1.165) is 39.4 Å². The van der Waals surface area contributed by atoms with Crippen LogP contribution >= 0.6 is 22.9 Å². The number of nitrogens with zero attached hydrogens (tertiary/aromatic N) is 4. The minimum atomic E-state index is -0.148. The Hall–Kier alpha value is -1.96. The Balaban J connectivity index is 1.63. The first-order chi connectivity index (χ1) is 14.3. The first-order valence-electron chi connectivity index (χ1n) is 10.2. The minimum Gasteiger partial charge on any atom is -0.380 e. The Morgan fingerprint density at radius 1 is 1.20 bits per heavy atom. The fraction of sp³-hybridized carbons (Fsp3) is 0.500. The van der Waals surface area contributed by atoms with Crippen LogP contribution in [0.25, 0.3) is 20.8 Å². The van der Waals surface area contributed by atoms with Crippen LogP contribution in [-0.2, 0) is 4.74 Å². The fourth-order valence-electron chi connectivity index (χ4n) is 5.20. The van der Waals surface area contributed by atoms with E-state index in [-0.39, 0.29) is 17.1 Å². The molecule has 0 aliphatic heterocycles. The Bertz CT molecular complexity index is 1090. The normalized spacial score (nSPS) is 29.8. The van der Waals surface area contributed by atoms with Crippen molar-refractivity contribution in [3.05, 3.63) is 29.4 Å². The summed E-state index contributed by atoms with van der Waals surface area (Å²) in [6.45, 7) is 4.60. The maximum absolute atomic E-state index is 6.73. The van der Waals surface area contributed by atoms with Gasteiger partial charge in [0, 0.05) is 32.2 Å². The van der Waals surface area contributed by atoms with Crippen LogP contribution in [0, 0.1) is 11.3 Å². The number of rotatable bonds is 5. The first-order valence-corrected chi connectivity index (χ1v) is 11.4. The van der Waals surface area contributed by atoms with Gasteiger partial charge >= 0.3 is 0 Å². The number of halogens is 1. The molecule has 1 aromatic carbocycles. The van der Waals surface area contributed by atoms with Crippen molar-refractivity contribution in [2.75, 3.05) is 31.4 Å². The molecule has 3 aromatic rings. The summed E-state index contributed by atoms with van der Waals surface area (Å²) in [7, 11) is 5.65. The van der Waals surface area contributed by atoms with Gasteiger partial charge in [0.2, 0.25) is 5.95 Å². The van der Waals surface area contributed by atoms with E-state index in [1.165, 1.54) is 0 Å². The molecular formula is C22H26ClN5OS. The SMILES string of the molecule is COC1C2CCC(C)(Nc3nc(N(C)C)nc(Cl)c3-c3nc4ccccc4s3)C21C. The number of para-hydroxylation sites is 1. The van der Waals surface area contributed by atoms with E-state index in [1.54, 1.807) is 11.3 Å². The van der Waals surface area contributed by atoms with E-state index in [0.29, 0.717) is 17.0 Å². The van der Waals surface area contributed by atoms with Crippen molar-refractivity contribution >= 4 is 44.9 Å². The van der Waals surface area contributed by atoms with E-state index in [1.807, 2.05) is 44.3 Å². The molecule has 4 unspecified atom stereocenters. The number of benzene rings is 1. The van der Waals surface area contributed by atoms with E-state index in [9.17, 15) is 0 Å². The minimum absolute atomic E-state index is 0.0717. The second-order valence-electron chi connectivity index (χ2n) is 8.96. The van der Waals surface area contributed by atoms with Crippen molar-refractivity contribution in [1.29, 1.82) is 0 Å². The average molecular weight is 444 g/mol. The molecule has 5 rings (SSSR count). The quantitative estimate of drug-likeness (QED) is 0.554. The number of ether oxygens (including phenoxy) is 1. The summed E-state index contributed by atoms with van der Waals surface area (Å²) in [6.07, 6.45) is 2.49. The van der Waals surface area contributed by atoms with Crippen LogP contribution in [0.1, 0.15) is 26.7 Å². The molecule has 2 heterocycles. The molecule has 0 radical (unpaired) electrons. The van der Waals surface area contributed by atoms with Crippen LogP contribution in [0.15, 0.2) is 24.3 Å². The highest BCUT2D eigenvalue weighted by atomic mass is 35.5. The van der Waals surface area contributed by atoms with Crippen LogP contribution < -0.4 is 10.2 Å². The van der Waals surface area contributed by atoms with Gasteiger partial charge in [-0.3, -0.25) is 0 Å². The summed E-state index contributed by atoms with van der Waals surface area (Å²) >= 11 is 8.34. The van der Waals surface area contributed by atoms with Crippen LogP contribution in [0.5, 0.6) is 0 Å². The Morgan fingerprint density at radius 3 is 2.63 bits per heavy atom. The molecule has 2 aliphatic rings. The van der Waals surface area contributed by atoms with Gasteiger partial charge in [0.05, 0.1) is 21.9 Å². The first kappa shape index (κ1) is 20.0. The number of anilines is 2. The van der Waals surface area contributed by atoms with E-state index >= 15 is 0 Å². The molecule has 2 aromatic heterocycles. The monoisotopic (exact) mass is 443 g/mol. The van der Waals surface area contributed by atoms with Crippen LogP contribution in [0.4, 0.5) is 11.8 Å². The molecule has 158 valence electrons. The predicted molar refractivity (Wildman–Crippen MR) is 124 cm³/mol. The standard InChI is InChI=1S/C22H26ClN5OS/c1-21(11-10-12-16(29-5)22(12,21)2)27-18-15(17(23)25-20(26-18)28(3)4)19-24-13-8-6-7-9-14(13)30-19/h6-9,12,16H,10-11H2,1-5H3,(H,25,26,27). The molecule has 4 atom stereocenters. The van der Waals surface area contributed by atoms with Crippen molar-refractivity contribution in [3.8, 4) is 10.6 Å². The number of hydrogen-bond donors (Lipinski definition) is 1. The Morgan fingerprint density at radius 2 is 1.97 bits per heavy atom. The van der Waals surface area contributed by atoms with Gasteiger partial charge in [0.15, 0.2) is 0 Å². The van der Waals surface area contributed by atoms with Gasteiger partial charge in [-0.2, -0.15) is 4.98 Å². The van der Waals surface area contributed by atoms with Crippen molar-refractivity contribution < 1.29 is 4.74 Å². The number of nitrogens with one attached hydrogen (secondary N) is 1. The molecule has 0 amide bonds. The van der Waals surface area contributed by atoms with E-state index in [4.69, 9.17) is 26.3 Å². The Labute approximate surface area is 185 Å². The van der Waals surface area contributed by atoms with Crippen LogP contribution in [-0.4, -0.2) is 47.8 Å². The molecule has 8 heteroatoms. The van der Waals surface area contributed by atoms with E-state index < -0.39 is 0 Å². The van der Waals surface area contributed by atoms with E-state index in [2.05, 4.69) is 30.2 Å². The molecule has 2 saturated carbocycles. The highest BCUT2D eigenvalue weighted by molar-refractivity contribution is 7.21. The number of fused-ring (bicyclic) bond motifs is 2. The lowest BCUT2D eigenvalue weighted by Gasteiger charge is -2.36. The average Bonchev–Trinajstić information content (AvgIpc) is 2.96. The molecule has 0 saturated heterocycles. The molecule has 1 N–H and O–H groups in total. The summed E-state index contributed by atoms with van der Waals surface area (Å²) < 4.78 is 6.90. The molecule has 0 spiro atoms. The summed E-state index contributed by atoms with van der Waals surface area (Å²) in [5, 5.41) is 5.03. The zero-order chi connectivity index (χ0) is 21.3. The van der Waals surface area contributed by atoms with Gasteiger partial charge in [-0.05, 0) is 37.8 Å². The third-order valence-corrected chi connectivity index (χ3v) is 8.50. The van der Waals surface area contributed by atoms with Crippen LogP contribution in [0.2, 0.25) is 5.15 Å². The summed E-state index contributed by atoms with van der Waals surface area (Å²) in [5.74, 6) is 1.90. The lowest BCUT2D eigenvalue weighted by molar-refractivity contribution is 0.112. The fourth-order valence-corrected chi connectivity index (χ4v) is 6.52. The highest BCUT2D eigenvalue weighted by Crippen LogP contribution is 2.69. The second-order valence-corrected chi connectivity index (χ2v) is 10.3. The van der Waals surface area contributed by atoms with Crippen molar-refractivity contribution in [1.82, 2.24) is 15.0 Å². The zero-order valence-corrected chi connectivity index (χ0v) is 19.4. The van der Waals surface area contributed by atoms with Gasteiger partial charge < -0.3 is 15.0 Å². The van der Waals surface area contributed by atoms with Crippen molar-refractivity contribution in [3.63, 3.8) is 0 Å². The van der Waals surface area contributed by atoms with Gasteiger partial charge in [-0.25, -0.2) is 9.97 Å². The summed E-state index contributed by atoms with van der Waals surface area (Å²) in [6, 6.07) is 8.11. The molecule has 0 bridgehead atoms. The lowest BCUT2D eigenvalue weighted by Crippen LogP contribution is -2.43. The topological polar surface area (TPSA) is 63.2 Å². The highest BCUT2D eigenvalue weighted by Gasteiger charge is 2.74.